The number of nitrogens with zero attached hydrogens (tertiary/aromatic N) is 4. The number of aromatic nitrogens is 4. The Morgan fingerprint density at radius 3 is 2.42 bits per heavy atom. The van der Waals surface area contributed by atoms with Crippen molar-refractivity contribution in [2.45, 2.75) is 70.0 Å². The van der Waals surface area contributed by atoms with E-state index in [1.54, 1.807) is 6.07 Å². The zero-order valence-electron chi connectivity index (χ0n) is 21.6. The van der Waals surface area contributed by atoms with E-state index in [0.717, 1.165) is 28.5 Å². The van der Waals surface area contributed by atoms with Crippen LogP contribution in [-0.2, 0) is 19.1 Å². The van der Waals surface area contributed by atoms with Crippen LogP contribution in [0.15, 0.2) is 53.6 Å². The van der Waals surface area contributed by atoms with Crippen LogP contribution < -0.4 is 5.56 Å². The molecule has 0 aliphatic heterocycles. The van der Waals surface area contributed by atoms with Gasteiger partial charge < -0.3 is 0 Å². The SMILES string of the molecule is Cc1cccc(F)c1C1CCC(c2cc3nc(CC(F)F)cnc3n(Cc3ncccc3C(F)(F)F)c2=O)CC1. The second-order valence-electron chi connectivity index (χ2n) is 10.2. The van der Waals surface area contributed by atoms with Crippen molar-refractivity contribution in [3.63, 3.8) is 0 Å². The second-order valence-corrected chi connectivity index (χ2v) is 10.2. The fraction of sp³-hybridized carbons (Fsp3) is 0.379. The standard InChI is InChI=1S/C29H26F6N4O/c1-16-4-2-6-22(30)26(16)18-9-7-17(8-10-18)20-13-23-27(37-14-19(38-23)12-25(31)32)39(28(20)40)15-24-21(29(33,34)35)5-3-11-36-24/h2-6,11,13-14,17-18,25H,7-10,12,15H2,1H3. The molecule has 0 saturated heterocycles. The Balaban J connectivity index is 1.56. The molecule has 5 rings (SSSR count). The van der Waals surface area contributed by atoms with Crippen LogP contribution in [0.3, 0.4) is 0 Å². The van der Waals surface area contributed by atoms with E-state index in [9.17, 15) is 31.1 Å². The average molecular weight is 561 g/mol. The van der Waals surface area contributed by atoms with Crippen molar-refractivity contribution >= 4 is 11.2 Å². The molecule has 3 aromatic heterocycles. The van der Waals surface area contributed by atoms with Gasteiger partial charge in [-0.15, -0.1) is 0 Å². The fourth-order valence-corrected chi connectivity index (χ4v) is 5.72. The summed E-state index contributed by atoms with van der Waals surface area (Å²) in [4.78, 5) is 26.1. The number of benzene rings is 1. The van der Waals surface area contributed by atoms with Crippen LogP contribution in [0.25, 0.3) is 11.2 Å². The number of alkyl halides is 5. The third-order valence-electron chi connectivity index (χ3n) is 7.58. The lowest BCUT2D eigenvalue weighted by molar-refractivity contribution is -0.138. The van der Waals surface area contributed by atoms with Gasteiger partial charge in [0.15, 0.2) is 5.65 Å². The predicted molar refractivity (Wildman–Crippen MR) is 137 cm³/mol. The molecule has 3 heterocycles. The van der Waals surface area contributed by atoms with E-state index in [1.165, 1.54) is 18.3 Å². The quantitative estimate of drug-likeness (QED) is 0.240. The van der Waals surface area contributed by atoms with Crippen molar-refractivity contribution in [3.8, 4) is 0 Å². The van der Waals surface area contributed by atoms with Crippen molar-refractivity contribution in [2.24, 2.45) is 0 Å². The van der Waals surface area contributed by atoms with Crippen molar-refractivity contribution < 1.29 is 26.3 Å². The Kier molecular flexibility index (Phi) is 7.65. The van der Waals surface area contributed by atoms with E-state index in [4.69, 9.17) is 0 Å². The molecule has 11 heteroatoms. The second kappa shape index (κ2) is 11.0. The monoisotopic (exact) mass is 560 g/mol. The summed E-state index contributed by atoms with van der Waals surface area (Å²) >= 11 is 0. The van der Waals surface area contributed by atoms with Crippen LogP contribution in [0.1, 0.15) is 71.2 Å². The highest BCUT2D eigenvalue weighted by Crippen LogP contribution is 2.42. The lowest BCUT2D eigenvalue weighted by Crippen LogP contribution is -2.29. The average Bonchev–Trinajstić information content (AvgIpc) is 2.90. The maximum atomic E-state index is 14.6. The van der Waals surface area contributed by atoms with Crippen molar-refractivity contribution in [2.75, 3.05) is 0 Å². The minimum atomic E-state index is -4.69. The Morgan fingerprint density at radius 2 is 1.75 bits per heavy atom. The number of halogens is 6. The van der Waals surface area contributed by atoms with E-state index in [2.05, 4.69) is 15.0 Å². The first-order valence-electron chi connectivity index (χ1n) is 13.0. The van der Waals surface area contributed by atoms with Gasteiger partial charge in [0.2, 0.25) is 6.43 Å². The number of fused-ring (bicyclic) bond motifs is 1. The first-order valence-corrected chi connectivity index (χ1v) is 13.0. The summed E-state index contributed by atoms with van der Waals surface area (Å²) in [5.74, 6) is -0.563. The summed E-state index contributed by atoms with van der Waals surface area (Å²) in [6.45, 7) is 1.33. The lowest BCUT2D eigenvalue weighted by Gasteiger charge is -2.30. The summed E-state index contributed by atoms with van der Waals surface area (Å²) in [5.41, 5.74) is 0.0910. The summed E-state index contributed by atoms with van der Waals surface area (Å²) < 4.78 is 82.8. The molecule has 1 aromatic carbocycles. The summed E-state index contributed by atoms with van der Waals surface area (Å²) in [5, 5.41) is 0. The smallest absolute Gasteiger partial charge is 0.285 e. The van der Waals surface area contributed by atoms with Gasteiger partial charge in [0, 0.05) is 11.8 Å². The summed E-state index contributed by atoms with van der Waals surface area (Å²) in [7, 11) is 0. The van der Waals surface area contributed by atoms with Crippen molar-refractivity contribution in [1.29, 1.82) is 0 Å². The van der Waals surface area contributed by atoms with E-state index in [1.807, 2.05) is 13.0 Å². The molecule has 0 bridgehead atoms. The predicted octanol–water partition coefficient (Wildman–Crippen LogP) is 6.95. The Bertz CT molecular complexity index is 1570. The Morgan fingerprint density at radius 1 is 1.02 bits per heavy atom. The normalized spacial score (nSPS) is 18.0. The van der Waals surface area contributed by atoms with E-state index < -0.39 is 36.7 Å². The van der Waals surface area contributed by atoms with E-state index in [-0.39, 0.29) is 40.2 Å². The highest BCUT2D eigenvalue weighted by atomic mass is 19.4. The minimum Gasteiger partial charge on any atom is -0.285 e. The first kappa shape index (κ1) is 27.8. The van der Waals surface area contributed by atoms with Gasteiger partial charge in [0.05, 0.1) is 36.1 Å². The number of aryl methyl sites for hydroxylation is 1. The molecule has 0 spiro atoms. The lowest BCUT2D eigenvalue weighted by atomic mass is 9.75. The maximum Gasteiger partial charge on any atom is 0.418 e. The van der Waals surface area contributed by atoms with Crippen molar-refractivity contribution in [3.05, 3.63) is 98.6 Å². The van der Waals surface area contributed by atoms with Crippen LogP contribution in [0.2, 0.25) is 0 Å². The van der Waals surface area contributed by atoms with Gasteiger partial charge in [0.25, 0.3) is 5.56 Å². The number of hydrogen-bond donors (Lipinski definition) is 0. The number of hydrogen-bond acceptors (Lipinski definition) is 4. The molecule has 1 aliphatic rings. The molecule has 1 fully saturated rings. The molecule has 0 radical (unpaired) electrons. The van der Waals surface area contributed by atoms with Crippen LogP contribution in [0, 0.1) is 12.7 Å². The molecule has 0 unspecified atom stereocenters. The highest BCUT2D eigenvalue weighted by Gasteiger charge is 2.34. The van der Waals surface area contributed by atoms with Crippen molar-refractivity contribution in [1.82, 2.24) is 19.5 Å². The molecule has 1 aliphatic carbocycles. The Labute approximate surface area is 225 Å². The molecule has 0 amide bonds. The largest absolute Gasteiger partial charge is 0.418 e. The maximum absolute atomic E-state index is 14.6. The highest BCUT2D eigenvalue weighted by molar-refractivity contribution is 5.71. The first-order chi connectivity index (χ1) is 19.0. The third-order valence-corrected chi connectivity index (χ3v) is 7.58. The van der Waals surface area contributed by atoms with Crippen LogP contribution in [-0.4, -0.2) is 25.9 Å². The fourth-order valence-electron chi connectivity index (χ4n) is 5.72. The molecular weight excluding hydrogens is 534 g/mol. The van der Waals surface area contributed by atoms with Gasteiger partial charge in [-0.1, -0.05) is 12.1 Å². The molecule has 4 aromatic rings. The molecule has 210 valence electrons. The van der Waals surface area contributed by atoms with Crippen LogP contribution in [0.5, 0.6) is 0 Å². The van der Waals surface area contributed by atoms with Gasteiger partial charge >= 0.3 is 6.18 Å². The van der Waals surface area contributed by atoms with Gasteiger partial charge in [-0.3, -0.25) is 14.3 Å². The van der Waals surface area contributed by atoms with E-state index in [0.29, 0.717) is 36.8 Å². The molecule has 40 heavy (non-hydrogen) atoms. The molecule has 5 nitrogen and oxygen atoms in total. The van der Waals surface area contributed by atoms with Gasteiger partial charge in [-0.2, -0.15) is 13.2 Å². The van der Waals surface area contributed by atoms with E-state index >= 15 is 0 Å². The summed E-state index contributed by atoms with van der Waals surface area (Å²) in [6, 6.07) is 8.51. The summed E-state index contributed by atoms with van der Waals surface area (Å²) in [6.07, 6.45) is -3.39. The minimum absolute atomic E-state index is 0.00574. The molecule has 0 N–H and O–H groups in total. The topological polar surface area (TPSA) is 60.7 Å². The zero-order valence-corrected chi connectivity index (χ0v) is 21.6. The van der Waals surface area contributed by atoms with Gasteiger partial charge in [-0.05, 0) is 79.8 Å². The molecule has 1 saturated carbocycles. The molecule has 0 atom stereocenters. The van der Waals surface area contributed by atoms with Crippen LogP contribution >= 0.6 is 0 Å². The number of pyridine rings is 2. The van der Waals surface area contributed by atoms with Gasteiger partial charge in [-0.25, -0.2) is 23.1 Å². The van der Waals surface area contributed by atoms with Gasteiger partial charge in [0.1, 0.15) is 11.3 Å². The zero-order chi connectivity index (χ0) is 28.6. The van der Waals surface area contributed by atoms with Crippen LogP contribution in [0.4, 0.5) is 26.3 Å². The third kappa shape index (κ3) is 5.59. The Hall–Kier alpha value is -3.76. The molecular formula is C29H26F6N4O. The number of rotatable bonds is 6.